The van der Waals surface area contributed by atoms with Crippen molar-refractivity contribution >= 4 is 23.6 Å². The van der Waals surface area contributed by atoms with E-state index < -0.39 is 18.5 Å². The monoisotopic (exact) mass is 369 g/mol. The molecular formula is C20H19NO6. The van der Waals surface area contributed by atoms with Gasteiger partial charge in [-0.05, 0) is 35.9 Å². The second kappa shape index (κ2) is 8.75. The molecule has 0 saturated carbocycles. The molecular weight excluding hydrogens is 350 g/mol. The molecule has 7 heteroatoms. The summed E-state index contributed by atoms with van der Waals surface area (Å²) in [4.78, 5) is 23.7. The van der Waals surface area contributed by atoms with E-state index in [1.807, 2.05) is 0 Å². The number of hydrogen-bond acceptors (Lipinski definition) is 6. The first-order valence-electron chi connectivity index (χ1n) is 8.33. The summed E-state index contributed by atoms with van der Waals surface area (Å²) >= 11 is 0. The van der Waals surface area contributed by atoms with Gasteiger partial charge in [-0.25, -0.2) is 4.79 Å². The first kappa shape index (κ1) is 18.3. The number of carbonyl (C=O) groups is 2. The molecule has 0 saturated heterocycles. The van der Waals surface area contributed by atoms with Gasteiger partial charge < -0.3 is 24.3 Å². The zero-order chi connectivity index (χ0) is 19.1. The highest BCUT2D eigenvalue weighted by molar-refractivity contribution is 5.95. The summed E-state index contributed by atoms with van der Waals surface area (Å²) in [7, 11) is 1.51. The van der Waals surface area contributed by atoms with Crippen LogP contribution in [-0.4, -0.2) is 38.8 Å². The molecule has 1 aliphatic heterocycles. The summed E-state index contributed by atoms with van der Waals surface area (Å²) in [6, 6.07) is 12.3. The van der Waals surface area contributed by atoms with Gasteiger partial charge in [0, 0.05) is 6.08 Å². The molecule has 0 spiro atoms. The standard InChI is InChI=1S/C20H19NO6/c1-24-16-5-3-2-4-15(16)21-19(22)13-27-20(23)9-7-14-6-8-17-18(12-14)26-11-10-25-17/h2-9,12H,10-11,13H2,1H3,(H,21,22)/b9-7+. The number of hydrogen-bond donors (Lipinski definition) is 1. The zero-order valence-corrected chi connectivity index (χ0v) is 14.8. The lowest BCUT2D eigenvalue weighted by Gasteiger charge is -2.18. The number of rotatable bonds is 6. The topological polar surface area (TPSA) is 83.1 Å². The maximum Gasteiger partial charge on any atom is 0.331 e. The number of nitrogens with one attached hydrogen (secondary N) is 1. The Balaban J connectivity index is 1.50. The predicted molar refractivity (Wildman–Crippen MR) is 99.0 cm³/mol. The third-order valence-electron chi connectivity index (χ3n) is 3.70. The Morgan fingerprint density at radius 2 is 1.89 bits per heavy atom. The van der Waals surface area contributed by atoms with E-state index in [0.717, 1.165) is 5.56 Å². The summed E-state index contributed by atoms with van der Waals surface area (Å²) in [5.74, 6) is 0.748. The van der Waals surface area contributed by atoms with Gasteiger partial charge in [-0.2, -0.15) is 0 Å². The minimum Gasteiger partial charge on any atom is -0.495 e. The molecule has 140 valence electrons. The van der Waals surface area contributed by atoms with Crippen LogP contribution in [0.5, 0.6) is 17.2 Å². The molecule has 0 aromatic heterocycles. The summed E-state index contributed by atoms with van der Waals surface area (Å²) < 4.78 is 21.0. The maximum absolute atomic E-state index is 11.9. The van der Waals surface area contributed by atoms with Gasteiger partial charge in [-0.15, -0.1) is 0 Å². The fourth-order valence-electron chi connectivity index (χ4n) is 2.45. The van der Waals surface area contributed by atoms with Gasteiger partial charge >= 0.3 is 5.97 Å². The number of carbonyl (C=O) groups excluding carboxylic acids is 2. The normalized spacial score (nSPS) is 12.5. The van der Waals surface area contributed by atoms with Crippen molar-refractivity contribution in [1.82, 2.24) is 0 Å². The lowest BCUT2D eigenvalue weighted by atomic mass is 10.2. The van der Waals surface area contributed by atoms with Crippen LogP contribution in [0.4, 0.5) is 5.69 Å². The quantitative estimate of drug-likeness (QED) is 0.623. The van der Waals surface area contributed by atoms with Gasteiger partial charge in [0.1, 0.15) is 19.0 Å². The van der Waals surface area contributed by atoms with Crippen molar-refractivity contribution in [3.63, 3.8) is 0 Å². The van der Waals surface area contributed by atoms with Crippen LogP contribution in [0.15, 0.2) is 48.5 Å². The molecule has 0 atom stereocenters. The fourth-order valence-corrected chi connectivity index (χ4v) is 2.45. The first-order chi connectivity index (χ1) is 13.2. The molecule has 2 aromatic rings. The Morgan fingerprint density at radius 3 is 2.70 bits per heavy atom. The third-order valence-corrected chi connectivity index (χ3v) is 3.70. The lowest BCUT2D eigenvalue weighted by Crippen LogP contribution is -2.20. The van der Waals surface area contributed by atoms with E-state index in [0.29, 0.717) is 36.1 Å². The lowest BCUT2D eigenvalue weighted by molar-refractivity contribution is -0.142. The van der Waals surface area contributed by atoms with Crippen molar-refractivity contribution in [3.05, 3.63) is 54.1 Å². The van der Waals surface area contributed by atoms with E-state index in [4.69, 9.17) is 18.9 Å². The molecule has 2 aromatic carbocycles. The Hall–Kier alpha value is -3.48. The van der Waals surface area contributed by atoms with Gasteiger partial charge in [-0.1, -0.05) is 18.2 Å². The number of amides is 1. The number of methoxy groups -OCH3 is 1. The molecule has 7 nitrogen and oxygen atoms in total. The van der Waals surface area contributed by atoms with Crippen LogP contribution in [0.25, 0.3) is 6.08 Å². The second-order valence-electron chi connectivity index (χ2n) is 5.59. The molecule has 27 heavy (non-hydrogen) atoms. The van der Waals surface area contributed by atoms with E-state index in [1.54, 1.807) is 48.5 Å². The molecule has 0 unspecified atom stereocenters. The summed E-state index contributed by atoms with van der Waals surface area (Å²) in [5, 5.41) is 2.63. The highest BCUT2D eigenvalue weighted by atomic mass is 16.6. The van der Waals surface area contributed by atoms with E-state index in [9.17, 15) is 9.59 Å². The number of fused-ring (bicyclic) bond motifs is 1. The molecule has 0 bridgehead atoms. The zero-order valence-electron chi connectivity index (χ0n) is 14.8. The van der Waals surface area contributed by atoms with Crippen molar-refractivity contribution in [1.29, 1.82) is 0 Å². The third kappa shape index (κ3) is 5.01. The largest absolute Gasteiger partial charge is 0.495 e. The van der Waals surface area contributed by atoms with Gasteiger partial charge in [0.2, 0.25) is 0 Å². The summed E-state index contributed by atoms with van der Waals surface area (Å²) in [6.07, 6.45) is 2.83. The van der Waals surface area contributed by atoms with Crippen molar-refractivity contribution in [2.24, 2.45) is 0 Å². The van der Waals surface area contributed by atoms with Crippen molar-refractivity contribution in [2.75, 3.05) is 32.2 Å². The van der Waals surface area contributed by atoms with E-state index in [2.05, 4.69) is 5.32 Å². The number of ether oxygens (including phenoxy) is 4. The molecule has 0 radical (unpaired) electrons. The van der Waals surface area contributed by atoms with E-state index in [1.165, 1.54) is 13.2 Å². The smallest absolute Gasteiger partial charge is 0.331 e. The molecule has 1 amide bonds. The molecule has 1 aliphatic rings. The number of para-hydroxylation sites is 2. The molecule has 0 fully saturated rings. The number of benzene rings is 2. The van der Waals surface area contributed by atoms with Crippen LogP contribution < -0.4 is 19.5 Å². The van der Waals surface area contributed by atoms with Crippen LogP contribution in [0.3, 0.4) is 0 Å². The first-order valence-corrected chi connectivity index (χ1v) is 8.33. The van der Waals surface area contributed by atoms with Crippen molar-refractivity contribution < 1.29 is 28.5 Å². The van der Waals surface area contributed by atoms with Crippen LogP contribution in [0.1, 0.15) is 5.56 Å². The molecule has 1 N–H and O–H groups in total. The van der Waals surface area contributed by atoms with Crippen molar-refractivity contribution in [2.45, 2.75) is 0 Å². The minimum atomic E-state index is -0.625. The van der Waals surface area contributed by atoms with E-state index in [-0.39, 0.29) is 0 Å². The Labute approximate surface area is 156 Å². The highest BCUT2D eigenvalue weighted by Crippen LogP contribution is 2.31. The maximum atomic E-state index is 11.9. The average Bonchev–Trinajstić information content (AvgIpc) is 2.71. The van der Waals surface area contributed by atoms with Crippen LogP contribution in [0, 0.1) is 0 Å². The Kier molecular flexibility index (Phi) is 5.94. The minimum absolute atomic E-state index is 0.400. The average molecular weight is 369 g/mol. The number of esters is 1. The highest BCUT2D eigenvalue weighted by Gasteiger charge is 2.11. The van der Waals surface area contributed by atoms with Gasteiger partial charge in [0.05, 0.1) is 12.8 Å². The SMILES string of the molecule is COc1ccccc1NC(=O)COC(=O)/C=C/c1ccc2c(c1)OCCO2. The summed E-state index contributed by atoms with van der Waals surface area (Å²) in [6.45, 7) is 0.608. The second-order valence-corrected chi connectivity index (χ2v) is 5.59. The summed E-state index contributed by atoms with van der Waals surface area (Å²) in [5.41, 5.74) is 1.27. The van der Waals surface area contributed by atoms with Gasteiger partial charge in [-0.3, -0.25) is 4.79 Å². The number of anilines is 1. The van der Waals surface area contributed by atoms with Crippen molar-refractivity contribution in [3.8, 4) is 17.2 Å². The molecule has 0 aliphatic carbocycles. The molecule has 3 rings (SSSR count). The molecule has 1 heterocycles. The van der Waals surface area contributed by atoms with E-state index >= 15 is 0 Å². The fraction of sp³-hybridized carbons (Fsp3) is 0.200. The van der Waals surface area contributed by atoms with Gasteiger partial charge in [0.15, 0.2) is 18.1 Å². The predicted octanol–water partition coefficient (Wildman–Crippen LogP) is 2.66. The Morgan fingerprint density at radius 1 is 1.11 bits per heavy atom. The van der Waals surface area contributed by atoms with Crippen LogP contribution in [-0.2, 0) is 14.3 Å². The van der Waals surface area contributed by atoms with Crippen LogP contribution in [0.2, 0.25) is 0 Å². The Bertz CT molecular complexity index is 861. The van der Waals surface area contributed by atoms with Gasteiger partial charge in [0.25, 0.3) is 5.91 Å². The van der Waals surface area contributed by atoms with Crippen LogP contribution >= 0.6 is 0 Å².